The van der Waals surface area contributed by atoms with Gasteiger partial charge in [-0.25, -0.2) is 13.9 Å². The molecule has 0 unspecified atom stereocenters. The number of carboxylic acid groups (broad SMARTS) is 1. The second kappa shape index (κ2) is 6.25. The van der Waals surface area contributed by atoms with Crippen molar-refractivity contribution in [2.24, 2.45) is 0 Å². The maximum Gasteiger partial charge on any atom is 0.419 e. The number of nitrogens with zero attached hydrogens (tertiary/aromatic N) is 3. The summed E-state index contributed by atoms with van der Waals surface area (Å²) in [7, 11) is 0. The first kappa shape index (κ1) is 17.6. The summed E-state index contributed by atoms with van der Waals surface area (Å²) in [5.74, 6) is -2.80. The van der Waals surface area contributed by atoms with E-state index in [2.05, 4.69) is 10.1 Å². The molecule has 3 rings (SSSR count). The van der Waals surface area contributed by atoms with Crippen molar-refractivity contribution < 1.29 is 27.5 Å². The van der Waals surface area contributed by atoms with Crippen molar-refractivity contribution in [1.29, 1.82) is 0 Å². The monoisotopic (exact) mass is 365 g/mol. The number of carbonyl (C=O) groups is 1. The predicted octanol–water partition coefficient (Wildman–Crippen LogP) is 4.10. The average molecular weight is 365 g/mol. The van der Waals surface area contributed by atoms with Crippen LogP contribution in [0.4, 0.5) is 17.6 Å². The second-order valence-electron chi connectivity index (χ2n) is 5.48. The Hall–Kier alpha value is -3.23. The molecule has 0 aliphatic carbocycles. The highest BCUT2D eigenvalue weighted by Gasteiger charge is 2.34. The highest BCUT2D eigenvalue weighted by atomic mass is 19.4. The summed E-state index contributed by atoms with van der Waals surface area (Å²) in [4.78, 5) is 15.3. The van der Waals surface area contributed by atoms with Crippen molar-refractivity contribution in [3.05, 3.63) is 65.4 Å². The van der Waals surface area contributed by atoms with Gasteiger partial charge in [-0.1, -0.05) is 0 Å². The van der Waals surface area contributed by atoms with E-state index in [0.29, 0.717) is 17.7 Å². The second-order valence-corrected chi connectivity index (χ2v) is 5.48. The van der Waals surface area contributed by atoms with Gasteiger partial charge in [0.05, 0.1) is 16.9 Å². The number of alkyl halides is 3. The number of benzene rings is 1. The Morgan fingerprint density at radius 2 is 1.88 bits per heavy atom. The lowest BCUT2D eigenvalue weighted by Crippen LogP contribution is -2.09. The Morgan fingerprint density at radius 3 is 2.42 bits per heavy atom. The molecule has 1 N–H and O–H groups in total. The lowest BCUT2D eigenvalue weighted by Gasteiger charge is -2.11. The zero-order chi connectivity index (χ0) is 19.1. The Balaban J connectivity index is 2.17. The van der Waals surface area contributed by atoms with Crippen LogP contribution in [0.2, 0.25) is 0 Å². The Kier molecular flexibility index (Phi) is 4.23. The Labute approximate surface area is 144 Å². The minimum Gasteiger partial charge on any atom is -0.476 e. The number of pyridine rings is 1. The van der Waals surface area contributed by atoms with Crippen LogP contribution in [0.1, 0.15) is 21.7 Å². The molecule has 0 fully saturated rings. The molecule has 0 radical (unpaired) electrons. The van der Waals surface area contributed by atoms with Gasteiger partial charge in [0.1, 0.15) is 5.82 Å². The van der Waals surface area contributed by atoms with Gasteiger partial charge < -0.3 is 5.11 Å². The molecule has 0 bridgehead atoms. The van der Waals surface area contributed by atoms with E-state index < -0.39 is 23.5 Å². The molecule has 1 aromatic carbocycles. The first-order valence-electron chi connectivity index (χ1n) is 7.30. The molecule has 5 nitrogen and oxygen atoms in total. The number of halogens is 4. The van der Waals surface area contributed by atoms with Crippen LogP contribution in [0.15, 0.2) is 42.6 Å². The highest BCUT2D eigenvalue weighted by molar-refractivity contribution is 5.87. The van der Waals surface area contributed by atoms with Crippen LogP contribution in [0.25, 0.3) is 16.9 Å². The molecule has 2 aromatic heterocycles. The average Bonchev–Trinajstić information content (AvgIpc) is 3.00. The van der Waals surface area contributed by atoms with Gasteiger partial charge >= 0.3 is 12.1 Å². The van der Waals surface area contributed by atoms with Crippen LogP contribution in [0.5, 0.6) is 0 Å². The van der Waals surface area contributed by atoms with E-state index in [4.69, 9.17) is 5.11 Å². The van der Waals surface area contributed by atoms with E-state index in [1.54, 1.807) is 19.1 Å². The molecule has 3 aromatic rings. The van der Waals surface area contributed by atoms with Crippen LogP contribution in [-0.4, -0.2) is 25.8 Å². The number of rotatable bonds is 3. The van der Waals surface area contributed by atoms with Gasteiger partial charge in [0, 0.05) is 23.5 Å². The number of hydrogen-bond acceptors (Lipinski definition) is 3. The number of aromatic nitrogens is 3. The van der Waals surface area contributed by atoms with E-state index in [1.807, 2.05) is 0 Å². The molecule has 9 heteroatoms. The third kappa shape index (κ3) is 3.28. The molecule has 26 heavy (non-hydrogen) atoms. The van der Waals surface area contributed by atoms with Gasteiger partial charge in [0.15, 0.2) is 5.69 Å². The first-order chi connectivity index (χ1) is 12.2. The molecule has 134 valence electrons. The van der Waals surface area contributed by atoms with E-state index in [0.717, 1.165) is 16.4 Å². The van der Waals surface area contributed by atoms with Gasteiger partial charge in [-0.2, -0.15) is 18.3 Å². The van der Waals surface area contributed by atoms with Crippen LogP contribution in [0, 0.1) is 12.7 Å². The largest absolute Gasteiger partial charge is 0.476 e. The molecule has 0 amide bonds. The fourth-order valence-corrected chi connectivity index (χ4v) is 2.37. The molecule has 0 aliphatic heterocycles. The lowest BCUT2D eigenvalue weighted by atomic mass is 10.1. The van der Waals surface area contributed by atoms with Crippen LogP contribution >= 0.6 is 0 Å². The third-order valence-corrected chi connectivity index (χ3v) is 3.64. The normalized spacial score (nSPS) is 11.6. The molecule has 2 heterocycles. The van der Waals surface area contributed by atoms with Gasteiger partial charge in [0.25, 0.3) is 0 Å². The maximum atomic E-state index is 13.9. The smallest absolute Gasteiger partial charge is 0.419 e. The van der Waals surface area contributed by atoms with Crippen molar-refractivity contribution in [1.82, 2.24) is 14.8 Å². The summed E-state index contributed by atoms with van der Waals surface area (Å²) in [6.07, 6.45) is -3.36. The zero-order valence-corrected chi connectivity index (χ0v) is 13.3. The van der Waals surface area contributed by atoms with Gasteiger partial charge in [-0.05, 0) is 37.3 Å². The van der Waals surface area contributed by atoms with E-state index in [-0.39, 0.29) is 17.1 Å². The number of carboxylic acids is 1. The summed E-state index contributed by atoms with van der Waals surface area (Å²) >= 11 is 0. The predicted molar refractivity (Wildman–Crippen MR) is 83.5 cm³/mol. The van der Waals surface area contributed by atoms with Gasteiger partial charge in [-0.15, -0.1) is 0 Å². The number of aryl methyl sites for hydroxylation is 1. The standard InChI is InChI=1S/C17H11F4N3O2/c1-9-2-3-10(8-22-9)15-7-14(16(25)26)23-24(15)11-4-5-12(13(18)6-11)17(19,20)21/h2-8H,1H3,(H,25,26). The van der Waals surface area contributed by atoms with Gasteiger partial charge in [0.2, 0.25) is 0 Å². The minimum absolute atomic E-state index is 0.0430. The van der Waals surface area contributed by atoms with Crippen molar-refractivity contribution in [3.63, 3.8) is 0 Å². The molecular weight excluding hydrogens is 354 g/mol. The quantitative estimate of drug-likeness (QED) is 0.710. The summed E-state index contributed by atoms with van der Waals surface area (Å²) < 4.78 is 53.1. The fourth-order valence-electron chi connectivity index (χ4n) is 2.37. The summed E-state index contributed by atoms with van der Waals surface area (Å²) in [6.45, 7) is 1.76. The minimum atomic E-state index is -4.83. The topological polar surface area (TPSA) is 68.0 Å². The highest BCUT2D eigenvalue weighted by Crippen LogP contribution is 2.33. The molecule has 0 saturated carbocycles. The number of aromatic carboxylic acids is 1. The van der Waals surface area contributed by atoms with Crippen LogP contribution in [-0.2, 0) is 6.18 Å². The van der Waals surface area contributed by atoms with Gasteiger partial charge in [-0.3, -0.25) is 4.98 Å². The van der Waals surface area contributed by atoms with Crippen molar-refractivity contribution >= 4 is 5.97 Å². The van der Waals surface area contributed by atoms with Crippen molar-refractivity contribution in [2.75, 3.05) is 0 Å². The first-order valence-corrected chi connectivity index (χ1v) is 7.30. The van der Waals surface area contributed by atoms with Crippen molar-refractivity contribution in [2.45, 2.75) is 13.1 Å². The Morgan fingerprint density at radius 1 is 1.15 bits per heavy atom. The van der Waals surface area contributed by atoms with E-state index >= 15 is 0 Å². The fraction of sp³-hybridized carbons (Fsp3) is 0.118. The molecule has 0 atom stereocenters. The Bertz CT molecular complexity index is 979. The SMILES string of the molecule is Cc1ccc(-c2cc(C(=O)O)nn2-c2ccc(C(F)(F)F)c(F)c2)cn1. The van der Waals surface area contributed by atoms with E-state index in [9.17, 15) is 22.4 Å². The third-order valence-electron chi connectivity index (χ3n) is 3.64. The lowest BCUT2D eigenvalue weighted by molar-refractivity contribution is -0.140. The number of hydrogen-bond donors (Lipinski definition) is 1. The molecule has 0 saturated heterocycles. The summed E-state index contributed by atoms with van der Waals surface area (Å²) in [6, 6.07) is 6.85. The van der Waals surface area contributed by atoms with Crippen LogP contribution in [0.3, 0.4) is 0 Å². The maximum absolute atomic E-state index is 13.9. The van der Waals surface area contributed by atoms with Crippen LogP contribution < -0.4 is 0 Å². The van der Waals surface area contributed by atoms with E-state index in [1.165, 1.54) is 12.3 Å². The summed E-state index contributed by atoms with van der Waals surface area (Å²) in [5, 5.41) is 13.0. The molecule has 0 aliphatic rings. The molecule has 0 spiro atoms. The summed E-state index contributed by atoms with van der Waals surface area (Å²) in [5.41, 5.74) is -0.325. The molecular formula is C17H11F4N3O2. The van der Waals surface area contributed by atoms with Crippen molar-refractivity contribution in [3.8, 4) is 16.9 Å². The zero-order valence-electron chi connectivity index (χ0n) is 13.3.